The van der Waals surface area contributed by atoms with Gasteiger partial charge in [-0.25, -0.2) is 0 Å². The summed E-state index contributed by atoms with van der Waals surface area (Å²) >= 11 is 0. The van der Waals surface area contributed by atoms with E-state index in [1.165, 1.54) is 0 Å². The highest BCUT2D eigenvalue weighted by Gasteiger charge is 2.43. The summed E-state index contributed by atoms with van der Waals surface area (Å²) in [5.74, 6) is -1.66. The van der Waals surface area contributed by atoms with Gasteiger partial charge in [-0.05, 0) is 19.3 Å². The van der Waals surface area contributed by atoms with Crippen LogP contribution in [-0.4, -0.2) is 31.0 Å². The van der Waals surface area contributed by atoms with Crippen LogP contribution in [0.1, 0.15) is 37.4 Å². The molecule has 0 amide bonds. The zero-order chi connectivity index (χ0) is 15.2. The van der Waals surface area contributed by atoms with E-state index in [2.05, 4.69) is 20.3 Å². The van der Waals surface area contributed by atoms with Gasteiger partial charge >= 0.3 is 6.18 Å². The van der Waals surface area contributed by atoms with Crippen molar-refractivity contribution in [3.05, 3.63) is 16.2 Å². The number of halogens is 3. The molecule has 0 radical (unpaired) electrons. The van der Waals surface area contributed by atoms with Crippen LogP contribution in [0, 0.1) is 5.92 Å². The fourth-order valence-corrected chi connectivity index (χ4v) is 2.81. The number of H-pyrrole nitrogens is 1. The summed E-state index contributed by atoms with van der Waals surface area (Å²) < 4.78 is 39.7. The molecule has 0 aliphatic heterocycles. The lowest BCUT2D eigenvalue weighted by Crippen LogP contribution is -2.29. The van der Waals surface area contributed by atoms with E-state index in [1.54, 1.807) is 0 Å². The number of hydrogen-bond donors (Lipinski definition) is 2. The Morgan fingerprint density at radius 1 is 1.29 bits per heavy atom. The first-order chi connectivity index (χ1) is 9.86. The van der Waals surface area contributed by atoms with Crippen LogP contribution in [0.15, 0.2) is 4.79 Å². The molecule has 1 fully saturated rings. The van der Waals surface area contributed by atoms with Crippen LogP contribution in [-0.2, 0) is 0 Å². The van der Waals surface area contributed by atoms with E-state index in [1.807, 2.05) is 0 Å². The van der Waals surface area contributed by atoms with Gasteiger partial charge in [0.25, 0.3) is 5.56 Å². The molecule has 2 heterocycles. The smallest absolute Gasteiger partial charge is 0.368 e. The Labute approximate surface area is 116 Å². The summed E-state index contributed by atoms with van der Waals surface area (Å²) in [7, 11) is 0. The molecule has 7 nitrogen and oxygen atoms in total. The predicted molar refractivity (Wildman–Crippen MR) is 66.6 cm³/mol. The molecule has 0 saturated heterocycles. The van der Waals surface area contributed by atoms with E-state index in [0.29, 0.717) is 12.8 Å². The molecule has 3 N–H and O–H groups in total. The molecule has 1 aliphatic rings. The number of nitrogens with two attached hydrogens (primary N) is 1. The van der Waals surface area contributed by atoms with Gasteiger partial charge in [0.15, 0.2) is 5.82 Å². The SMILES string of the molecule is Nc1nn2c(C3CCCC(C(F)(F)F)C3)nnc2c(=O)[nH]1. The van der Waals surface area contributed by atoms with Crippen molar-refractivity contribution in [2.75, 3.05) is 5.73 Å². The van der Waals surface area contributed by atoms with Crippen molar-refractivity contribution in [2.24, 2.45) is 5.92 Å². The lowest BCUT2D eigenvalue weighted by Gasteiger charge is -2.29. The van der Waals surface area contributed by atoms with E-state index in [9.17, 15) is 18.0 Å². The van der Waals surface area contributed by atoms with E-state index >= 15 is 0 Å². The van der Waals surface area contributed by atoms with Gasteiger partial charge < -0.3 is 5.73 Å². The van der Waals surface area contributed by atoms with Crippen LogP contribution >= 0.6 is 0 Å². The fourth-order valence-electron chi connectivity index (χ4n) is 2.81. The van der Waals surface area contributed by atoms with Crippen molar-refractivity contribution in [1.29, 1.82) is 0 Å². The molecule has 10 heteroatoms. The number of rotatable bonds is 1. The predicted octanol–water partition coefficient (Wildman–Crippen LogP) is 1.23. The summed E-state index contributed by atoms with van der Waals surface area (Å²) in [6.07, 6.45) is -3.17. The van der Waals surface area contributed by atoms with E-state index < -0.39 is 23.6 Å². The highest BCUT2D eigenvalue weighted by Crippen LogP contribution is 2.43. The molecule has 2 unspecified atom stereocenters. The average Bonchev–Trinajstić information content (AvgIpc) is 2.82. The standard InChI is InChI=1S/C11H13F3N6O/c12-11(13,14)6-3-1-2-5(4-6)7-17-18-8-9(21)16-10(15)19-20(7)8/h5-6H,1-4H2,(H3,15,16,19,21). The highest BCUT2D eigenvalue weighted by molar-refractivity contribution is 5.35. The van der Waals surface area contributed by atoms with Crippen molar-refractivity contribution < 1.29 is 13.2 Å². The molecule has 114 valence electrons. The van der Waals surface area contributed by atoms with Crippen LogP contribution in [0.5, 0.6) is 0 Å². The van der Waals surface area contributed by atoms with Crippen LogP contribution in [0.2, 0.25) is 0 Å². The van der Waals surface area contributed by atoms with Gasteiger partial charge in [-0.2, -0.15) is 17.7 Å². The van der Waals surface area contributed by atoms with Crippen LogP contribution in [0.4, 0.5) is 19.1 Å². The maximum Gasteiger partial charge on any atom is 0.391 e. The molecular formula is C11H13F3N6O. The zero-order valence-corrected chi connectivity index (χ0v) is 10.9. The zero-order valence-electron chi connectivity index (χ0n) is 10.9. The summed E-state index contributed by atoms with van der Waals surface area (Å²) in [5, 5.41) is 11.4. The number of aromatic nitrogens is 5. The summed E-state index contributed by atoms with van der Waals surface area (Å²) in [4.78, 5) is 13.9. The third-order valence-corrected chi connectivity index (χ3v) is 3.82. The quantitative estimate of drug-likeness (QED) is 0.825. The summed E-state index contributed by atoms with van der Waals surface area (Å²) in [6.45, 7) is 0. The van der Waals surface area contributed by atoms with E-state index in [-0.39, 0.29) is 30.3 Å². The average molecular weight is 302 g/mol. The summed E-state index contributed by atoms with van der Waals surface area (Å²) in [5.41, 5.74) is 4.83. The number of anilines is 1. The minimum atomic E-state index is -4.22. The second-order valence-corrected chi connectivity index (χ2v) is 5.24. The number of aromatic amines is 1. The number of nitrogen functional groups attached to an aromatic ring is 1. The number of nitrogens with one attached hydrogen (secondary N) is 1. The molecule has 0 bridgehead atoms. The molecule has 2 atom stereocenters. The molecule has 21 heavy (non-hydrogen) atoms. The molecule has 2 aromatic rings. The van der Waals surface area contributed by atoms with Gasteiger partial charge in [-0.15, -0.1) is 15.3 Å². The van der Waals surface area contributed by atoms with Crippen molar-refractivity contribution in [3.8, 4) is 0 Å². The Kier molecular flexibility index (Phi) is 3.10. The molecule has 1 aliphatic carbocycles. The minimum Gasteiger partial charge on any atom is -0.368 e. The van der Waals surface area contributed by atoms with Crippen LogP contribution in [0.25, 0.3) is 5.65 Å². The Balaban J connectivity index is 1.99. The van der Waals surface area contributed by atoms with E-state index in [0.717, 1.165) is 4.52 Å². The Morgan fingerprint density at radius 3 is 2.76 bits per heavy atom. The molecule has 2 aromatic heterocycles. The second kappa shape index (κ2) is 4.71. The lowest BCUT2D eigenvalue weighted by atomic mass is 9.80. The van der Waals surface area contributed by atoms with Gasteiger partial charge in [0.1, 0.15) is 0 Å². The number of nitrogens with zero attached hydrogens (tertiary/aromatic N) is 4. The molecule has 1 saturated carbocycles. The molecule has 0 spiro atoms. The number of alkyl halides is 3. The van der Waals surface area contributed by atoms with Gasteiger partial charge in [0.05, 0.1) is 5.92 Å². The van der Waals surface area contributed by atoms with Gasteiger partial charge in [-0.1, -0.05) is 6.42 Å². The number of hydrogen-bond acceptors (Lipinski definition) is 5. The topological polar surface area (TPSA) is 102 Å². The summed E-state index contributed by atoms with van der Waals surface area (Å²) in [6, 6.07) is 0. The maximum absolute atomic E-state index is 12.9. The normalized spacial score (nSPS) is 23.6. The lowest BCUT2D eigenvalue weighted by molar-refractivity contribution is -0.183. The first-order valence-electron chi connectivity index (χ1n) is 6.54. The molecular weight excluding hydrogens is 289 g/mol. The maximum atomic E-state index is 12.9. The fraction of sp³-hybridized carbons (Fsp3) is 0.636. The van der Waals surface area contributed by atoms with E-state index in [4.69, 9.17) is 5.73 Å². The first kappa shape index (κ1) is 13.8. The van der Waals surface area contributed by atoms with Crippen molar-refractivity contribution >= 4 is 11.6 Å². The van der Waals surface area contributed by atoms with Gasteiger partial charge in [0.2, 0.25) is 11.6 Å². The monoisotopic (exact) mass is 302 g/mol. The van der Waals surface area contributed by atoms with Crippen LogP contribution < -0.4 is 11.3 Å². The largest absolute Gasteiger partial charge is 0.391 e. The van der Waals surface area contributed by atoms with Crippen molar-refractivity contribution in [2.45, 2.75) is 37.8 Å². The molecule has 3 rings (SSSR count). The molecule has 0 aromatic carbocycles. The minimum absolute atomic E-state index is 0.0617. The highest BCUT2D eigenvalue weighted by atomic mass is 19.4. The van der Waals surface area contributed by atoms with Crippen LogP contribution in [0.3, 0.4) is 0 Å². The Bertz CT molecular complexity index is 721. The van der Waals surface area contributed by atoms with Crippen molar-refractivity contribution in [1.82, 2.24) is 24.8 Å². The number of fused-ring (bicyclic) bond motifs is 1. The Morgan fingerprint density at radius 2 is 2.05 bits per heavy atom. The Hall–Kier alpha value is -2.13. The van der Waals surface area contributed by atoms with Crippen molar-refractivity contribution in [3.63, 3.8) is 0 Å². The van der Waals surface area contributed by atoms with Gasteiger partial charge in [-0.3, -0.25) is 9.78 Å². The third kappa shape index (κ3) is 2.45. The first-order valence-corrected chi connectivity index (χ1v) is 6.54. The third-order valence-electron chi connectivity index (χ3n) is 3.82. The van der Waals surface area contributed by atoms with Gasteiger partial charge in [0, 0.05) is 5.92 Å². The second-order valence-electron chi connectivity index (χ2n) is 5.24.